The predicted molar refractivity (Wildman–Crippen MR) is 83.7 cm³/mol. The minimum absolute atomic E-state index is 0.131. The van der Waals surface area contributed by atoms with Crippen LogP contribution in [0.15, 0.2) is 18.2 Å². The SMILES string of the molecule is CNCc1cc(OC)ccc1OC(C)C(=O)NC(C)(C)C. The van der Waals surface area contributed by atoms with E-state index >= 15 is 0 Å². The van der Waals surface area contributed by atoms with E-state index < -0.39 is 6.10 Å². The molecule has 1 aromatic carbocycles. The molecule has 1 aromatic rings. The first kappa shape index (κ1) is 17.3. The van der Waals surface area contributed by atoms with Crippen molar-refractivity contribution in [1.82, 2.24) is 10.6 Å². The summed E-state index contributed by atoms with van der Waals surface area (Å²) in [5.41, 5.74) is 0.676. The number of hydrogen-bond acceptors (Lipinski definition) is 4. The normalized spacial score (nSPS) is 12.7. The van der Waals surface area contributed by atoms with E-state index in [9.17, 15) is 4.79 Å². The topological polar surface area (TPSA) is 59.6 Å². The summed E-state index contributed by atoms with van der Waals surface area (Å²) in [5.74, 6) is 1.31. The summed E-state index contributed by atoms with van der Waals surface area (Å²) >= 11 is 0. The number of methoxy groups -OCH3 is 1. The molecule has 0 spiro atoms. The lowest BCUT2D eigenvalue weighted by atomic mass is 10.1. The molecule has 1 rings (SSSR count). The van der Waals surface area contributed by atoms with Crippen LogP contribution in [-0.4, -0.2) is 31.7 Å². The van der Waals surface area contributed by atoms with Gasteiger partial charge in [-0.05, 0) is 52.9 Å². The number of benzene rings is 1. The van der Waals surface area contributed by atoms with E-state index in [4.69, 9.17) is 9.47 Å². The van der Waals surface area contributed by atoms with Crippen LogP contribution in [0.4, 0.5) is 0 Å². The first-order valence-electron chi connectivity index (χ1n) is 7.07. The van der Waals surface area contributed by atoms with Crippen molar-refractivity contribution in [2.45, 2.75) is 45.9 Å². The van der Waals surface area contributed by atoms with Gasteiger partial charge >= 0.3 is 0 Å². The second-order valence-electron chi connectivity index (χ2n) is 6.00. The first-order chi connectivity index (χ1) is 9.76. The van der Waals surface area contributed by atoms with Gasteiger partial charge in [0.1, 0.15) is 11.5 Å². The third-order valence-corrected chi connectivity index (χ3v) is 2.81. The molecule has 0 aromatic heterocycles. The molecule has 118 valence electrons. The van der Waals surface area contributed by atoms with E-state index in [0.717, 1.165) is 11.3 Å². The van der Waals surface area contributed by atoms with Crippen LogP contribution in [0.3, 0.4) is 0 Å². The van der Waals surface area contributed by atoms with Crippen molar-refractivity contribution in [3.8, 4) is 11.5 Å². The fourth-order valence-electron chi connectivity index (χ4n) is 1.84. The highest BCUT2D eigenvalue weighted by Crippen LogP contribution is 2.25. The van der Waals surface area contributed by atoms with Gasteiger partial charge in [0, 0.05) is 17.6 Å². The Morgan fingerprint density at radius 2 is 2.00 bits per heavy atom. The van der Waals surface area contributed by atoms with E-state index in [1.165, 1.54) is 0 Å². The van der Waals surface area contributed by atoms with Crippen LogP contribution in [0.2, 0.25) is 0 Å². The van der Waals surface area contributed by atoms with Gasteiger partial charge in [-0.15, -0.1) is 0 Å². The van der Waals surface area contributed by atoms with Gasteiger partial charge in [-0.2, -0.15) is 0 Å². The molecule has 1 amide bonds. The molecule has 0 heterocycles. The average Bonchev–Trinajstić information content (AvgIpc) is 2.39. The molecule has 0 radical (unpaired) electrons. The van der Waals surface area contributed by atoms with Crippen molar-refractivity contribution >= 4 is 5.91 Å². The fourth-order valence-corrected chi connectivity index (χ4v) is 1.84. The maximum absolute atomic E-state index is 12.1. The van der Waals surface area contributed by atoms with Crippen LogP contribution in [0, 0.1) is 0 Å². The molecule has 0 aliphatic carbocycles. The summed E-state index contributed by atoms with van der Waals surface area (Å²) < 4.78 is 11.0. The summed E-state index contributed by atoms with van der Waals surface area (Å²) in [6, 6.07) is 5.55. The zero-order chi connectivity index (χ0) is 16.0. The predicted octanol–water partition coefficient (Wildman–Crippen LogP) is 2.10. The van der Waals surface area contributed by atoms with Crippen LogP contribution >= 0.6 is 0 Å². The maximum Gasteiger partial charge on any atom is 0.261 e. The number of rotatable bonds is 6. The third-order valence-electron chi connectivity index (χ3n) is 2.81. The van der Waals surface area contributed by atoms with Crippen LogP contribution < -0.4 is 20.1 Å². The highest BCUT2D eigenvalue weighted by atomic mass is 16.5. The van der Waals surface area contributed by atoms with Crippen LogP contribution in [0.1, 0.15) is 33.3 Å². The Hall–Kier alpha value is -1.75. The summed E-state index contributed by atoms with van der Waals surface area (Å²) in [6.07, 6.45) is -0.562. The summed E-state index contributed by atoms with van der Waals surface area (Å²) in [5, 5.41) is 5.99. The number of amides is 1. The minimum atomic E-state index is -0.562. The fraction of sp³-hybridized carbons (Fsp3) is 0.562. The molecule has 0 saturated heterocycles. The number of nitrogens with one attached hydrogen (secondary N) is 2. The summed E-state index contributed by atoms with van der Waals surface area (Å²) in [6.45, 7) is 8.21. The van der Waals surface area contributed by atoms with Gasteiger partial charge in [0.25, 0.3) is 5.91 Å². The lowest BCUT2D eigenvalue weighted by molar-refractivity contribution is -0.128. The largest absolute Gasteiger partial charge is 0.497 e. The Bertz CT molecular complexity index is 481. The lowest BCUT2D eigenvalue weighted by Gasteiger charge is -2.24. The highest BCUT2D eigenvalue weighted by molar-refractivity contribution is 5.81. The molecule has 0 saturated carbocycles. The van der Waals surface area contributed by atoms with Crippen molar-refractivity contribution < 1.29 is 14.3 Å². The quantitative estimate of drug-likeness (QED) is 0.843. The monoisotopic (exact) mass is 294 g/mol. The molecule has 1 unspecified atom stereocenters. The molecule has 0 aliphatic heterocycles. The van der Waals surface area contributed by atoms with Gasteiger partial charge in [0.05, 0.1) is 7.11 Å². The molecule has 5 heteroatoms. The first-order valence-corrected chi connectivity index (χ1v) is 7.07. The van der Waals surface area contributed by atoms with Crippen molar-refractivity contribution in [2.24, 2.45) is 0 Å². The second kappa shape index (κ2) is 7.31. The summed E-state index contributed by atoms with van der Waals surface area (Å²) in [7, 11) is 3.48. The summed E-state index contributed by atoms with van der Waals surface area (Å²) in [4.78, 5) is 12.1. The van der Waals surface area contributed by atoms with Crippen molar-refractivity contribution in [3.63, 3.8) is 0 Å². The highest BCUT2D eigenvalue weighted by Gasteiger charge is 2.21. The number of carbonyl (C=O) groups excluding carboxylic acids is 1. The van der Waals surface area contributed by atoms with Crippen molar-refractivity contribution in [2.75, 3.05) is 14.2 Å². The second-order valence-corrected chi connectivity index (χ2v) is 6.00. The molecule has 0 aliphatic rings. The van der Waals surface area contributed by atoms with Crippen LogP contribution in [0.5, 0.6) is 11.5 Å². The smallest absolute Gasteiger partial charge is 0.261 e. The molecule has 1 atom stereocenters. The van der Waals surface area contributed by atoms with Gasteiger partial charge in [-0.25, -0.2) is 0 Å². The maximum atomic E-state index is 12.1. The Morgan fingerprint density at radius 3 is 2.52 bits per heavy atom. The van der Waals surface area contributed by atoms with Gasteiger partial charge in [-0.3, -0.25) is 4.79 Å². The molecule has 0 bridgehead atoms. The molecular formula is C16H26N2O3. The molecular weight excluding hydrogens is 268 g/mol. The van der Waals surface area contributed by atoms with Crippen molar-refractivity contribution in [1.29, 1.82) is 0 Å². The van der Waals surface area contributed by atoms with Gasteiger partial charge < -0.3 is 20.1 Å². The Morgan fingerprint density at radius 1 is 1.33 bits per heavy atom. The van der Waals surface area contributed by atoms with Gasteiger partial charge in [0.15, 0.2) is 6.10 Å². The zero-order valence-corrected chi connectivity index (χ0v) is 13.7. The standard InChI is InChI=1S/C16H26N2O3/c1-11(15(19)18-16(2,3)4)21-14-8-7-13(20-6)9-12(14)10-17-5/h7-9,11,17H,10H2,1-6H3,(H,18,19). The molecule has 5 nitrogen and oxygen atoms in total. The molecule has 0 fully saturated rings. The van der Waals surface area contributed by atoms with E-state index in [2.05, 4.69) is 10.6 Å². The Kier molecular flexibility index (Phi) is 6.03. The number of hydrogen-bond donors (Lipinski definition) is 2. The zero-order valence-electron chi connectivity index (χ0n) is 13.7. The minimum Gasteiger partial charge on any atom is -0.497 e. The number of ether oxygens (including phenoxy) is 2. The van der Waals surface area contributed by atoms with Gasteiger partial charge in [-0.1, -0.05) is 0 Å². The van der Waals surface area contributed by atoms with E-state index in [0.29, 0.717) is 12.3 Å². The molecule has 2 N–H and O–H groups in total. The van der Waals surface area contributed by atoms with Crippen LogP contribution in [-0.2, 0) is 11.3 Å². The van der Waals surface area contributed by atoms with Crippen LogP contribution in [0.25, 0.3) is 0 Å². The van der Waals surface area contributed by atoms with Crippen molar-refractivity contribution in [3.05, 3.63) is 23.8 Å². The van der Waals surface area contributed by atoms with E-state index in [-0.39, 0.29) is 11.4 Å². The van der Waals surface area contributed by atoms with Gasteiger partial charge in [0.2, 0.25) is 0 Å². The Balaban J connectivity index is 2.83. The lowest BCUT2D eigenvalue weighted by Crippen LogP contribution is -2.46. The average molecular weight is 294 g/mol. The van der Waals surface area contributed by atoms with E-state index in [1.54, 1.807) is 14.0 Å². The number of carbonyl (C=O) groups is 1. The third kappa shape index (κ3) is 5.63. The molecule has 21 heavy (non-hydrogen) atoms. The van der Waals surface area contributed by atoms with E-state index in [1.807, 2.05) is 46.0 Å². The Labute approximate surface area is 127 Å².